The van der Waals surface area contributed by atoms with Crippen molar-refractivity contribution >= 4 is 27.6 Å². The fourth-order valence-electron chi connectivity index (χ4n) is 1.33. The molecule has 0 bridgehead atoms. The first kappa shape index (κ1) is 15.9. The van der Waals surface area contributed by atoms with Crippen LogP contribution < -0.4 is 10.0 Å². The van der Waals surface area contributed by atoms with Crippen LogP contribution in [0.4, 0.5) is 0 Å². The number of hydrogen-bond donors (Lipinski definition) is 2. The number of likely N-dealkylation sites (N-methyl/N-ethyl adjacent to an activating group) is 1. The standard InChI is InChI=1S/C11H15ClN2O4S/c1-13-5-6-14-19(16,17)8-3-4-9(10(12)7-8)11(15)18-2/h3-4,7,13-14H,5-6H2,1-2H3. The summed E-state index contributed by atoms with van der Waals surface area (Å²) < 4.78 is 30.7. The van der Waals surface area contributed by atoms with E-state index in [4.69, 9.17) is 11.6 Å². The molecule has 0 spiro atoms. The molecular weight excluding hydrogens is 292 g/mol. The Morgan fingerprint density at radius 2 is 2.05 bits per heavy atom. The average Bonchev–Trinajstić information content (AvgIpc) is 2.38. The van der Waals surface area contributed by atoms with E-state index in [-0.39, 0.29) is 22.0 Å². The minimum Gasteiger partial charge on any atom is -0.465 e. The lowest BCUT2D eigenvalue weighted by Gasteiger charge is -2.08. The molecule has 0 aliphatic carbocycles. The second kappa shape index (κ2) is 6.85. The van der Waals surface area contributed by atoms with Gasteiger partial charge in [-0.05, 0) is 25.2 Å². The second-order valence-corrected chi connectivity index (χ2v) is 5.81. The molecule has 0 aliphatic rings. The number of methoxy groups -OCH3 is 1. The van der Waals surface area contributed by atoms with Crippen molar-refractivity contribution in [2.75, 3.05) is 27.2 Å². The number of esters is 1. The molecule has 2 N–H and O–H groups in total. The number of nitrogens with one attached hydrogen (secondary N) is 2. The van der Waals surface area contributed by atoms with Gasteiger partial charge in [-0.15, -0.1) is 0 Å². The maximum absolute atomic E-state index is 11.9. The Morgan fingerprint density at radius 3 is 2.58 bits per heavy atom. The zero-order valence-corrected chi connectivity index (χ0v) is 12.1. The Morgan fingerprint density at radius 1 is 1.37 bits per heavy atom. The minimum atomic E-state index is -3.63. The van der Waals surface area contributed by atoms with E-state index in [2.05, 4.69) is 14.8 Å². The van der Waals surface area contributed by atoms with Crippen LogP contribution in [-0.2, 0) is 14.8 Å². The Labute approximate surface area is 117 Å². The van der Waals surface area contributed by atoms with Gasteiger partial charge < -0.3 is 10.1 Å². The first-order valence-electron chi connectivity index (χ1n) is 5.44. The van der Waals surface area contributed by atoms with Crippen LogP contribution in [0.2, 0.25) is 5.02 Å². The molecule has 0 saturated carbocycles. The van der Waals surface area contributed by atoms with Crippen molar-refractivity contribution in [3.05, 3.63) is 28.8 Å². The largest absolute Gasteiger partial charge is 0.465 e. The molecule has 6 nitrogen and oxygen atoms in total. The van der Waals surface area contributed by atoms with Gasteiger partial charge in [0.15, 0.2) is 0 Å². The normalized spacial score (nSPS) is 11.3. The second-order valence-electron chi connectivity index (χ2n) is 3.63. The van der Waals surface area contributed by atoms with Crippen molar-refractivity contribution in [1.29, 1.82) is 0 Å². The van der Waals surface area contributed by atoms with Crippen LogP contribution in [0.3, 0.4) is 0 Å². The van der Waals surface area contributed by atoms with Gasteiger partial charge in [0.25, 0.3) is 0 Å². The summed E-state index contributed by atoms with van der Waals surface area (Å²) in [5.41, 5.74) is 0.123. The SMILES string of the molecule is CNCCNS(=O)(=O)c1ccc(C(=O)OC)c(Cl)c1. The molecule has 8 heteroatoms. The number of sulfonamides is 1. The predicted octanol–water partition coefficient (Wildman–Crippen LogP) is 0.624. The topological polar surface area (TPSA) is 84.5 Å². The number of benzene rings is 1. The molecule has 19 heavy (non-hydrogen) atoms. The molecular formula is C11H15ClN2O4S. The van der Waals surface area contributed by atoms with Crippen LogP contribution >= 0.6 is 11.6 Å². The van der Waals surface area contributed by atoms with Crippen molar-refractivity contribution in [1.82, 2.24) is 10.0 Å². The summed E-state index contributed by atoms with van der Waals surface area (Å²) in [5.74, 6) is -0.614. The molecule has 0 amide bonds. The first-order valence-corrected chi connectivity index (χ1v) is 7.30. The third-order valence-corrected chi connectivity index (χ3v) is 4.09. The Balaban J connectivity index is 2.97. The molecule has 0 radical (unpaired) electrons. The van der Waals surface area contributed by atoms with Crippen LogP contribution in [0.1, 0.15) is 10.4 Å². The number of carbonyl (C=O) groups is 1. The summed E-state index contributed by atoms with van der Waals surface area (Å²) in [5, 5.41) is 2.85. The average molecular weight is 307 g/mol. The smallest absolute Gasteiger partial charge is 0.339 e. The van der Waals surface area contributed by atoms with Gasteiger partial charge in [0.1, 0.15) is 0 Å². The van der Waals surface area contributed by atoms with Crippen molar-refractivity contribution in [3.8, 4) is 0 Å². The van der Waals surface area contributed by atoms with Crippen LogP contribution in [0.15, 0.2) is 23.1 Å². The van der Waals surface area contributed by atoms with Gasteiger partial charge in [0.05, 0.1) is 22.6 Å². The number of rotatable bonds is 6. The molecule has 0 atom stereocenters. The zero-order chi connectivity index (χ0) is 14.5. The molecule has 0 fully saturated rings. The van der Waals surface area contributed by atoms with Crippen molar-refractivity contribution in [3.63, 3.8) is 0 Å². The fourth-order valence-corrected chi connectivity index (χ4v) is 2.71. The highest BCUT2D eigenvalue weighted by atomic mass is 35.5. The fraction of sp³-hybridized carbons (Fsp3) is 0.364. The summed E-state index contributed by atoms with van der Waals surface area (Å²) in [6.07, 6.45) is 0. The highest BCUT2D eigenvalue weighted by molar-refractivity contribution is 7.89. The van der Waals surface area contributed by atoms with Crippen molar-refractivity contribution in [2.45, 2.75) is 4.90 Å². The number of ether oxygens (including phenoxy) is 1. The molecule has 1 rings (SSSR count). The van der Waals surface area contributed by atoms with Crippen LogP contribution in [-0.4, -0.2) is 41.6 Å². The third kappa shape index (κ3) is 4.17. The van der Waals surface area contributed by atoms with Gasteiger partial charge in [0.2, 0.25) is 10.0 Å². The third-order valence-electron chi connectivity index (χ3n) is 2.32. The summed E-state index contributed by atoms with van der Waals surface area (Å²) >= 11 is 5.86. The van der Waals surface area contributed by atoms with Gasteiger partial charge in [-0.3, -0.25) is 0 Å². The van der Waals surface area contributed by atoms with E-state index < -0.39 is 16.0 Å². The number of hydrogen-bond acceptors (Lipinski definition) is 5. The maximum atomic E-state index is 11.9. The van der Waals surface area contributed by atoms with Crippen molar-refractivity contribution in [2.24, 2.45) is 0 Å². The summed E-state index contributed by atoms with van der Waals surface area (Å²) in [6, 6.07) is 3.84. The van der Waals surface area contributed by atoms with Gasteiger partial charge >= 0.3 is 5.97 Å². The lowest BCUT2D eigenvalue weighted by molar-refractivity contribution is 0.0601. The molecule has 0 unspecified atom stereocenters. The lowest BCUT2D eigenvalue weighted by Crippen LogP contribution is -2.30. The van der Waals surface area contributed by atoms with E-state index in [9.17, 15) is 13.2 Å². The Bertz CT molecular complexity index is 560. The highest BCUT2D eigenvalue weighted by Crippen LogP contribution is 2.21. The summed E-state index contributed by atoms with van der Waals surface area (Å²) in [4.78, 5) is 11.3. The number of carbonyl (C=O) groups excluding carboxylic acids is 1. The van der Waals surface area contributed by atoms with Gasteiger partial charge in [0, 0.05) is 13.1 Å². The van der Waals surface area contributed by atoms with Crippen molar-refractivity contribution < 1.29 is 17.9 Å². The van der Waals surface area contributed by atoms with E-state index in [1.807, 2.05) is 0 Å². The summed E-state index contributed by atoms with van der Waals surface area (Å²) in [6.45, 7) is 0.766. The molecule has 106 valence electrons. The van der Waals surface area contributed by atoms with Gasteiger partial charge in [-0.1, -0.05) is 11.6 Å². The molecule has 0 aromatic heterocycles. The first-order chi connectivity index (χ1) is 8.92. The molecule has 0 aliphatic heterocycles. The predicted molar refractivity (Wildman–Crippen MR) is 71.9 cm³/mol. The summed E-state index contributed by atoms with van der Waals surface area (Å²) in [7, 11) is -0.687. The van der Waals surface area contributed by atoms with E-state index in [1.54, 1.807) is 7.05 Å². The van der Waals surface area contributed by atoms with Crippen LogP contribution in [0.25, 0.3) is 0 Å². The van der Waals surface area contributed by atoms with E-state index in [0.29, 0.717) is 6.54 Å². The maximum Gasteiger partial charge on any atom is 0.339 e. The molecule has 0 saturated heterocycles. The Hall–Kier alpha value is -1.15. The molecule has 1 aromatic rings. The Kier molecular flexibility index (Phi) is 5.74. The zero-order valence-electron chi connectivity index (χ0n) is 10.6. The van der Waals surface area contributed by atoms with E-state index in [0.717, 1.165) is 0 Å². The minimum absolute atomic E-state index is 0.00116. The highest BCUT2D eigenvalue weighted by Gasteiger charge is 2.17. The molecule has 0 heterocycles. The van der Waals surface area contributed by atoms with Crippen LogP contribution in [0.5, 0.6) is 0 Å². The monoisotopic (exact) mass is 306 g/mol. The van der Waals surface area contributed by atoms with Crippen LogP contribution in [0, 0.1) is 0 Å². The van der Waals surface area contributed by atoms with Gasteiger partial charge in [-0.2, -0.15) is 0 Å². The van der Waals surface area contributed by atoms with E-state index in [1.165, 1.54) is 25.3 Å². The number of halogens is 1. The van der Waals surface area contributed by atoms with Gasteiger partial charge in [-0.25, -0.2) is 17.9 Å². The quantitative estimate of drug-likeness (QED) is 0.595. The lowest BCUT2D eigenvalue weighted by atomic mass is 10.2. The molecule has 1 aromatic carbocycles. The van der Waals surface area contributed by atoms with E-state index >= 15 is 0 Å².